The Morgan fingerprint density at radius 2 is 1.94 bits per heavy atom. The normalized spacial score (nSPS) is 19.3. The summed E-state index contributed by atoms with van der Waals surface area (Å²) in [7, 11) is 3.01. The van der Waals surface area contributed by atoms with E-state index in [1.807, 2.05) is 0 Å². The van der Waals surface area contributed by atoms with Gasteiger partial charge in [-0.15, -0.1) is 0 Å². The first-order valence-corrected chi connectivity index (χ1v) is 11.6. The molecular weight excluding hydrogens is 475 g/mol. The molecule has 0 radical (unpaired) electrons. The average Bonchev–Trinajstić information content (AvgIpc) is 3.28. The van der Waals surface area contributed by atoms with Crippen molar-refractivity contribution in [2.45, 2.75) is 51.0 Å². The van der Waals surface area contributed by atoms with E-state index in [-0.39, 0.29) is 46.1 Å². The van der Waals surface area contributed by atoms with Gasteiger partial charge in [-0.1, -0.05) is 11.6 Å². The number of ketones is 1. The summed E-state index contributed by atoms with van der Waals surface area (Å²) in [6.45, 7) is 5.47. The van der Waals surface area contributed by atoms with Crippen LogP contribution in [0.4, 0.5) is 20.7 Å². The molecule has 1 aliphatic carbocycles. The van der Waals surface area contributed by atoms with E-state index in [9.17, 15) is 14.4 Å². The van der Waals surface area contributed by atoms with Crippen molar-refractivity contribution in [3.8, 4) is 11.1 Å². The van der Waals surface area contributed by atoms with E-state index in [4.69, 9.17) is 22.1 Å². The number of ether oxygens (including phenoxy) is 1. The van der Waals surface area contributed by atoms with Gasteiger partial charge in [-0.05, 0) is 39.3 Å². The third-order valence-corrected chi connectivity index (χ3v) is 6.75. The number of nitrogens with two attached hydrogens (primary N) is 1. The van der Waals surface area contributed by atoms with Crippen LogP contribution < -0.4 is 10.6 Å². The summed E-state index contributed by atoms with van der Waals surface area (Å²) in [6, 6.07) is 2.89. The fourth-order valence-corrected chi connectivity index (χ4v) is 5.22. The van der Waals surface area contributed by atoms with Crippen LogP contribution in [-0.4, -0.2) is 53.9 Å². The highest BCUT2D eigenvalue weighted by Gasteiger charge is 2.52. The lowest BCUT2D eigenvalue weighted by Gasteiger charge is -2.26. The molecule has 1 saturated carbocycles. The highest BCUT2D eigenvalue weighted by Crippen LogP contribution is 2.53. The number of hydrogen-bond acceptors (Lipinski definition) is 6. The second kappa shape index (κ2) is 8.48. The molecule has 2 aliphatic rings. The average molecular weight is 503 g/mol. The minimum Gasteiger partial charge on any atom is -0.443 e. The van der Waals surface area contributed by atoms with Gasteiger partial charge in [0.15, 0.2) is 0 Å². The van der Waals surface area contributed by atoms with Crippen LogP contribution in [0.25, 0.3) is 11.1 Å². The van der Waals surface area contributed by atoms with Crippen LogP contribution >= 0.6 is 11.6 Å². The Labute approximate surface area is 208 Å². The number of nitrogens with zero attached hydrogens (tertiary/aromatic N) is 3. The second-order valence-corrected chi connectivity index (χ2v) is 10.7. The van der Waals surface area contributed by atoms with Crippen LogP contribution in [0.5, 0.6) is 0 Å². The minimum atomic E-state index is -0.814. The third-order valence-electron chi connectivity index (χ3n) is 6.36. The summed E-state index contributed by atoms with van der Waals surface area (Å²) in [5.74, 6) is -1.05. The van der Waals surface area contributed by atoms with Crippen molar-refractivity contribution in [1.82, 2.24) is 9.88 Å². The number of halogens is 2. The summed E-state index contributed by atoms with van der Waals surface area (Å²) >= 11 is 6.89. The third kappa shape index (κ3) is 4.22. The number of fused-ring (bicyclic) bond motifs is 2. The van der Waals surface area contributed by atoms with Gasteiger partial charge in [0.2, 0.25) is 0 Å². The maximum Gasteiger partial charge on any atom is 0.416 e. The monoisotopic (exact) mass is 502 g/mol. The van der Waals surface area contributed by atoms with Gasteiger partial charge in [0.05, 0.1) is 10.6 Å². The predicted molar refractivity (Wildman–Crippen MR) is 131 cm³/mol. The van der Waals surface area contributed by atoms with Crippen LogP contribution in [0, 0.1) is 5.82 Å². The number of anilines is 2. The minimum absolute atomic E-state index is 0.00384. The first-order valence-electron chi connectivity index (χ1n) is 11.3. The van der Waals surface area contributed by atoms with Gasteiger partial charge in [0, 0.05) is 67.5 Å². The lowest BCUT2D eigenvalue weighted by molar-refractivity contribution is -0.117. The Kier molecular flexibility index (Phi) is 6.03. The number of carbonyl (C=O) groups is 3. The van der Waals surface area contributed by atoms with Crippen molar-refractivity contribution in [1.29, 1.82) is 0 Å². The second-order valence-electron chi connectivity index (χ2n) is 10.3. The number of amides is 2. The molecule has 2 aromatic rings. The molecule has 10 heteroatoms. The van der Waals surface area contributed by atoms with Gasteiger partial charge in [0.25, 0.3) is 5.91 Å². The van der Waals surface area contributed by atoms with Crippen molar-refractivity contribution in [2.24, 2.45) is 0 Å². The molecule has 35 heavy (non-hydrogen) atoms. The molecule has 1 atom stereocenters. The molecule has 1 fully saturated rings. The van der Waals surface area contributed by atoms with Crippen LogP contribution in [0.1, 0.15) is 56.0 Å². The van der Waals surface area contributed by atoms with Crippen molar-refractivity contribution >= 4 is 40.9 Å². The fraction of sp³-hybridized carbons (Fsp3) is 0.440. The van der Waals surface area contributed by atoms with E-state index in [1.165, 1.54) is 42.2 Å². The topological polar surface area (TPSA) is 106 Å². The molecule has 1 spiro atoms. The van der Waals surface area contributed by atoms with Gasteiger partial charge >= 0.3 is 6.09 Å². The molecule has 0 bridgehead atoms. The highest BCUT2D eigenvalue weighted by molar-refractivity contribution is 6.35. The van der Waals surface area contributed by atoms with Gasteiger partial charge in [-0.25, -0.2) is 14.2 Å². The quantitative estimate of drug-likeness (QED) is 0.603. The molecule has 1 aromatic heterocycles. The summed E-state index contributed by atoms with van der Waals surface area (Å²) in [5.41, 5.74) is 5.01. The number of nitrogen functional groups attached to an aromatic ring is 1. The van der Waals surface area contributed by atoms with Gasteiger partial charge in [-0.2, -0.15) is 0 Å². The number of pyridine rings is 1. The molecule has 1 unspecified atom stereocenters. The van der Waals surface area contributed by atoms with E-state index < -0.39 is 28.8 Å². The largest absolute Gasteiger partial charge is 0.443 e. The number of aromatic nitrogens is 1. The zero-order valence-corrected chi connectivity index (χ0v) is 21.1. The van der Waals surface area contributed by atoms with Gasteiger partial charge in [-0.3, -0.25) is 14.5 Å². The summed E-state index contributed by atoms with van der Waals surface area (Å²) in [6.07, 6.45) is 1.80. The van der Waals surface area contributed by atoms with E-state index in [0.717, 1.165) is 0 Å². The van der Waals surface area contributed by atoms with Crippen molar-refractivity contribution in [2.75, 3.05) is 31.3 Å². The summed E-state index contributed by atoms with van der Waals surface area (Å²) < 4.78 is 21.2. The standard InChI is InChI=1S/C25H28ClFN4O4/c1-24(2,3)35-23(34)31-12-25(9-8-13(32)10-25)18-19(26)15(11-29-21(18)31)14-6-7-16(28)17(20(14)27)22(33)30(4)5/h6-7,11H,8-10,12,28H2,1-5H3. The molecule has 0 saturated heterocycles. The maximum atomic E-state index is 15.6. The number of rotatable bonds is 2. The van der Waals surface area contributed by atoms with Crippen LogP contribution in [0.3, 0.4) is 0 Å². The van der Waals surface area contributed by atoms with Crippen molar-refractivity contribution in [3.05, 3.63) is 40.3 Å². The molecule has 186 valence electrons. The van der Waals surface area contributed by atoms with Crippen molar-refractivity contribution in [3.63, 3.8) is 0 Å². The Balaban J connectivity index is 1.89. The van der Waals surface area contributed by atoms with E-state index in [1.54, 1.807) is 20.8 Å². The van der Waals surface area contributed by atoms with Crippen LogP contribution in [0.15, 0.2) is 18.3 Å². The number of hydrogen-bond donors (Lipinski definition) is 1. The molecule has 1 aliphatic heterocycles. The first kappa shape index (κ1) is 24.9. The zero-order valence-electron chi connectivity index (χ0n) is 20.4. The number of carbonyl (C=O) groups excluding carboxylic acids is 3. The SMILES string of the molecule is CN(C)C(=O)c1c(N)ccc(-c2cnc3c(c2Cl)C2(CCC(=O)C2)CN3C(=O)OC(C)(C)C)c1F. The first-order chi connectivity index (χ1) is 16.3. The fourth-order valence-electron chi connectivity index (χ4n) is 4.79. The summed E-state index contributed by atoms with van der Waals surface area (Å²) in [4.78, 5) is 45.0. The zero-order chi connectivity index (χ0) is 25.9. The molecule has 2 amide bonds. The lowest BCUT2D eigenvalue weighted by Crippen LogP contribution is -2.39. The Hall–Kier alpha value is -3.20. The Morgan fingerprint density at radius 3 is 2.51 bits per heavy atom. The number of benzene rings is 1. The van der Waals surface area contributed by atoms with Gasteiger partial charge < -0.3 is 15.4 Å². The van der Waals surface area contributed by atoms with Crippen molar-refractivity contribution < 1.29 is 23.5 Å². The Morgan fingerprint density at radius 1 is 1.26 bits per heavy atom. The predicted octanol–water partition coefficient (Wildman–Crippen LogP) is 4.57. The van der Waals surface area contributed by atoms with E-state index in [0.29, 0.717) is 24.2 Å². The maximum absolute atomic E-state index is 15.6. The summed E-state index contributed by atoms with van der Waals surface area (Å²) in [5, 5.41) is 0.183. The van der Waals surface area contributed by atoms with E-state index >= 15 is 4.39 Å². The smallest absolute Gasteiger partial charge is 0.416 e. The molecular formula is C25H28ClFN4O4. The molecule has 2 N–H and O–H groups in total. The van der Waals surface area contributed by atoms with Crippen LogP contribution in [-0.2, 0) is 14.9 Å². The van der Waals surface area contributed by atoms with E-state index in [2.05, 4.69) is 4.98 Å². The molecule has 2 heterocycles. The Bertz CT molecular complexity index is 1260. The molecule has 1 aromatic carbocycles. The highest BCUT2D eigenvalue weighted by atomic mass is 35.5. The lowest BCUT2D eigenvalue weighted by atomic mass is 9.80. The molecule has 8 nitrogen and oxygen atoms in total. The number of Topliss-reactive ketones (excluding diaryl/α,β-unsaturated/α-hetero) is 1. The molecule has 4 rings (SSSR count). The van der Waals surface area contributed by atoms with Gasteiger partial charge in [0.1, 0.15) is 23.0 Å². The van der Waals surface area contributed by atoms with Crippen LogP contribution in [0.2, 0.25) is 5.02 Å².